The van der Waals surface area contributed by atoms with Crippen LogP contribution in [0.2, 0.25) is 0 Å². The molecule has 8 nitrogen and oxygen atoms in total. The molecule has 150 valence electrons. The van der Waals surface area contributed by atoms with Gasteiger partial charge in [-0.1, -0.05) is 30.3 Å². The first-order valence-corrected chi connectivity index (χ1v) is 9.53. The van der Waals surface area contributed by atoms with Crippen LogP contribution in [-0.2, 0) is 29.1 Å². The Hall–Kier alpha value is -3.39. The summed E-state index contributed by atoms with van der Waals surface area (Å²) < 4.78 is 1.53. The minimum Gasteiger partial charge on any atom is -0.508 e. The number of aromatic nitrogens is 2. The maximum atomic E-state index is 13.0. The predicted molar refractivity (Wildman–Crippen MR) is 108 cm³/mol. The van der Waals surface area contributed by atoms with Gasteiger partial charge < -0.3 is 21.1 Å². The first-order valence-electron chi connectivity index (χ1n) is 9.53. The predicted octanol–water partition coefficient (Wildman–Crippen LogP) is 0.770. The Kier molecular flexibility index (Phi) is 5.18. The number of nitrogens with zero attached hydrogens (tertiary/aromatic N) is 3. The van der Waals surface area contributed by atoms with Gasteiger partial charge in [0.15, 0.2) is 0 Å². The fraction of sp³-hybridized carbons (Fsp3) is 0.286. The van der Waals surface area contributed by atoms with Crippen LogP contribution in [0.4, 0.5) is 0 Å². The third kappa shape index (κ3) is 4.22. The van der Waals surface area contributed by atoms with Crippen molar-refractivity contribution in [1.29, 1.82) is 0 Å². The fourth-order valence-corrected chi connectivity index (χ4v) is 3.70. The van der Waals surface area contributed by atoms with Gasteiger partial charge in [-0.15, -0.1) is 0 Å². The lowest BCUT2D eigenvalue weighted by Gasteiger charge is -2.33. The second-order valence-electron chi connectivity index (χ2n) is 7.29. The second kappa shape index (κ2) is 7.92. The molecule has 3 aromatic rings. The van der Waals surface area contributed by atoms with E-state index in [1.807, 2.05) is 35.2 Å². The number of benzene rings is 2. The molecule has 0 radical (unpaired) electrons. The fourth-order valence-electron chi connectivity index (χ4n) is 3.70. The van der Waals surface area contributed by atoms with Crippen LogP contribution in [-0.4, -0.2) is 50.7 Å². The molecule has 0 unspecified atom stereocenters. The van der Waals surface area contributed by atoms with Crippen LogP contribution in [0.15, 0.2) is 48.7 Å². The van der Waals surface area contributed by atoms with E-state index < -0.39 is 5.91 Å². The maximum Gasteiger partial charge on any atom is 0.240 e. The number of hydrogen-bond acceptors (Lipinski definition) is 5. The maximum absolute atomic E-state index is 13.0. The van der Waals surface area contributed by atoms with E-state index in [-0.39, 0.29) is 24.2 Å². The smallest absolute Gasteiger partial charge is 0.240 e. The van der Waals surface area contributed by atoms with Crippen molar-refractivity contribution < 1.29 is 14.7 Å². The molecule has 2 heterocycles. The highest BCUT2D eigenvalue weighted by atomic mass is 16.3. The number of piperazine rings is 1. The number of nitrogens with one attached hydrogen (secondary N) is 1. The third-order valence-electron chi connectivity index (χ3n) is 5.10. The van der Waals surface area contributed by atoms with Crippen LogP contribution in [0.1, 0.15) is 11.1 Å². The van der Waals surface area contributed by atoms with Crippen LogP contribution >= 0.6 is 0 Å². The van der Waals surface area contributed by atoms with Gasteiger partial charge >= 0.3 is 0 Å². The van der Waals surface area contributed by atoms with E-state index in [0.29, 0.717) is 26.1 Å². The number of rotatable bonds is 6. The lowest BCUT2D eigenvalue weighted by molar-refractivity contribution is -0.136. The first-order chi connectivity index (χ1) is 14.0. The number of carbonyl (C=O) groups excluding carboxylic acids is 2. The number of fused-ring (bicyclic) bond motifs is 1. The summed E-state index contributed by atoms with van der Waals surface area (Å²) in [6.07, 6.45) is 2.35. The highest BCUT2D eigenvalue weighted by Crippen LogP contribution is 2.20. The molecule has 4 N–H and O–H groups in total. The normalized spacial score (nSPS) is 17.0. The van der Waals surface area contributed by atoms with Crippen molar-refractivity contribution in [3.05, 3.63) is 59.8 Å². The zero-order chi connectivity index (χ0) is 20.4. The van der Waals surface area contributed by atoms with Crippen LogP contribution in [0.25, 0.3) is 10.9 Å². The van der Waals surface area contributed by atoms with E-state index >= 15 is 0 Å². The van der Waals surface area contributed by atoms with Crippen molar-refractivity contribution >= 4 is 22.7 Å². The molecule has 0 saturated carbocycles. The molecule has 1 aliphatic rings. The zero-order valence-corrected chi connectivity index (χ0v) is 15.9. The number of carbonyl (C=O) groups is 2. The van der Waals surface area contributed by atoms with Gasteiger partial charge in [-0.05, 0) is 29.7 Å². The summed E-state index contributed by atoms with van der Waals surface area (Å²) in [6.45, 7) is 1.80. The Labute approximate surface area is 167 Å². The summed E-state index contributed by atoms with van der Waals surface area (Å²) in [5.74, 6) is -0.200. The number of hydrogen-bond donors (Lipinski definition) is 3. The topological polar surface area (TPSA) is 113 Å². The van der Waals surface area contributed by atoms with Crippen molar-refractivity contribution in [1.82, 2.24) is 20.0 Å². The molecular weight excluding hydrogens is 370 g/mol. The van der Waals surface area contributed by atoms with Crippen molar-refractivity contribution in [3.8, 4) is 5.75 Å². The summed E-state index contributed by atoms with van der Waals surface area (Å²) in [4.78, 5) is 26.0. The number of amides is 2. The molecule has 4 rings (SSSR count). The van der Waals surface area contributed by atoms with Gasteiger partial charge in [-0.25, -0.2) is 0 Å². The molecular formula is C21H23N5O3. The van der Waals surface area contributed by atoms with E-state index in [2.05, 4.69) is 10.4 Å². The quantitative estimate of drug-likeness (QED) is 0.572. The van der Waals surface area contributed by atoms with E-state index in [1.54, 1.807) is 18.3 Å². The Morgan fingerprint density at radius 3 is 2.79 bits per heavy atom. The lowest BCUT2D eigenvalue weighted by atomic mass is 10.0. The van der Waals surface area contributed by atoms with E-state index in [0.717, 1.165) is 22.0 Å². The van der Waals surface area contributed by atoms with Crippen molar-refractivity contribution in [3.63, 3.8) is 0 Å². The molecule has 0 aliphatic carbocycles. The van der Waals surface area contributed by atoms with Crippen molar-refractivity contribution in [2.45, 2.75) is 25.6 Å². The molecule has 2 amide bonds. The zero-order valence-electron chi connectivity index (χ0n) is 15.9. The lowest BCUT2D eigenvalue weighted by Crippen LogP contribution is -2.55. The molecule has 1 aliphatic heterocycles. The van der Waals surface area contributed by atoms with Gasteiger partial charge in [0, 0.05) is 31.2 Å². The number of aromatic hydroxyl groups is 1. The van der Waals surface area contributed by atoms with Crippen molar-refractivity contribution in [2.75, 3.05) is 13.1 Å². The highest BCUT2D eigenvalue weighted by Gasteiger charge is 2.29. The largest absolute Gasteiger partial charge is 0.508 e. The molecule has 0 bridgehead atoms. The molecule has 1 aromatic heterocycles. The van der Waals surface area contributed by atoms with Crippen molar-refractivity contribution in [2.24, 2.45) is 5.73 Å². The molecule has 29 heavy (non-hydrogen) atoms. The summed E-state index contributed by atoms with van der Waals surface area (Å²) in [5, 5.41) is 18.1. The average molecular weight is 393 g/mol. The Balaban J connectivity index is 1.51. The summed E-state index contributed by atoms with van der Waals surface area (Å²) in [5.41, 5.74) is 7.96. The molecule has 1 fully saturated rings. The van der Waals surface area contributed by atoms with E-state index in [4.69, 9.17) is 5.73 Å². The summed E-state index contributed by atoms with van der Waals surface area (Å²) >= 11 is 0. The first kappa shape index (κ1) is 18.9. The Bertz CT molecular complexity index is 1040. The van der Waals surface area contributed by atoms with Crippen LogP contribution in [0.3, 0.4) is 0 Å². The van der Waals surface area contributed by atoms with Crippen LogP contribution in [0, 0.1) is 0 Å². The third-order valence-corrected chi connectivity index (χ3v) is 5.10. The Morgan fingerprint density at radius 1 is 1.24 bits per heavy atom. The van der Waals surface area contributed by atoms with Gasteiger partial charge in [0.2, 0.25) is 11.8 Å². The van der Waals surface area contributed by atoms with E-state index in [9.17, 15) is 14.7 Å². The Morgan fingerprint density at radius 2 is 2.03 bits per heavy atom. The molecule has 1 atom stereocenters. The number of phenols is 1. The van der Waals surface area contributed by atoms with Gasteiger partial charge in [0.05, 0.1) is 11.6 Å². The van der Waals surface area contributed by atoms with Gasteiger partial charge in [0.1, 0.15) is 12.3 Å². The summed E-state index contributed by atoms with van der Waals surface area (Å²) in [6, 6.07) is 12.4. The average Bonchev–Trinajstić information content (AvgIpc) is 3.09. The number of phenolic OH excluding ortho intramolecular Hbond substituents is 1. The minimum absolute atomic E-state index is 0.0232. The molecule has 2 aromatic carbocycles. The molecule has 8 heteroatoms. The SMILES string of the molecule is NC(=O)Cn1cc2cccc(CN3CCN[C@@H](Cc4ccc(O)cc4)C3=O)c2n1. The van der Waals surface area contributed by atoms with Gasteiger partial charge in [0.25, 0.3) is 0 Å². The summed E-state index contributed by atoms with van der Waals surface area (Å²) in [7, 11) is 0. The minimum atomic E-state index is -0.450. The second-order valence-corrected chi connectivity index (χ2v) is 7.29. The monoisotopic (exact) mass is 393 g/mol. The molecule has 0 spiro atoms. The number of nitrogens with two attached hydrogens (primary N) is 1. The van der Waals surface area contributed by atoms with Crippen LogP contribution in [0.5, 0.6) is 5.75 Å². The van der Waals surface area contributed by atoms with Gasteiger partial charge in [-0.3, -0.25) is 14.3 Å². The van der Waals surface area contributed by atoms with Crippen LogP contribution < -0.4 is 11.1 Å². The number of primary amides is 1. The van der Waals surface area contributed by atoms with E-state index in [1.165, 1.54) is 4.68 Å². The van der Waals surface area contributed by atoms with Gasteiger partial charge in [-0.2, -0.15) is 5.10 Å². The highest BCUT2D eigenvalue weighted by molar-refractivity contribution is 5.85. The molecule has 1 saturated heterocycles. The standard InChI is InChI=1S/C21H23N5O3/c22-19(28)13-26-12-16-3-1-2-15(20(16)24-26)11-25-9-8-23-18(21(25)29)10-14-4-6-17(27)7-5-14/h1-7,12,18,23,27H,8-11,13H2,(H2,22,28)/t18-/m0/s1.